The lowest BCUT2D eigenvalue weighted by molar-refractivity contribution is -0.991. The number of likely N-dealkylation sites (N-methyl/N-ethyl adjacent to an activating group) is 1. The van der Waals surface area contributed by atoms with Crippen molar-refractivity contribution in [2.75, 3.05) is 39.8 Å². The van der Waals surface area contributed by atoms with Crippen molar-refractivity contribution in [3.05, 3.63) is 47.0 Å². The lowest BCUT2D eigenvalue weighted by Gasteiger charge is -2.41. The maximum atomic E-state index is 11.1. The maximum absolute atomic E-state index is 11.1. The molecule has 0 radical (unpaired) electrons. The predicted molar refractivity (Wildman–Crippen MR) is 127 cm³/mol. The van der Waals surface area contributed by atoms with Crippen LogP contribution in [0, 0.1) is 28.9 Å². The fourth-order valence-corrected chi connectivity index (χ4v) is 5.23. The summed E-state index contributed by atoms with van der Waals surface area (Å²) >= 11 is 0. The third-order valence-corrected chi connectivity index (χ3v) is 7.42. The van der Waals surface area contributed by atoms with Crippen LogP contribution < -0.4 is 5.23 Å². The van der Waals surface area contributed by atoms with Crippen LogP contribution in [-0.4, -0.2) is 65.0 Å². The van der Waals surface area contributed by atoms with Crippen molar-refractivity contribution >= 4 is 5.69 Å². The molecule has 0 saturated carbocycles. The van der Waals surface area contributed by atoms with Crippen molar-refractivity contribution in [3.8, 4) is 11.5 Å². The summed E-state index contributed by atoms with van der Waals surface area (Å²) in [5, 5.41) is 27.7. The molecule has 4 atom stereocenters. The van der Waals surface area contributed by atoms with Gasteiger partial charge >= 0.3 is 0 Å². The Bertz CT molecular complexity index is 932. The van der Waals surface area contributed by atoms with Crippen LogP contribution in [0.15, 0.2) is 40.3 Å². The molecular weight excluding hydrogens is 418 g/mol. The van der Waals surface area contributed by atoms with E-state index in [9.17, 15) is 5.21 Å². The second kappa shape index (κ2) is 10.4. The van der Waals surface area contributed by atoms with E-state index in [-0.39, 0.29) is 5.69 Å². The van der Waals surface area contributed by atoms with Gasteiger partial charge in [0.1, 0.15) is 0 Å². The van der Waals surface area contributed by atoms with Crippen LogP contribution >= 0.6 is 0 Å². The molecule has 8 heteroatoms. The molecule has 8 nitrogen and oxygen atoms in total. The van der Waals surface area contributed by atoms with E-state index in [2.05, 4.69) is 53.9 Å². The second-order valence-electron chi connectivity index (χ2n) is 10.1. The number of benzene rings is 1. The zero-order chi connectivity index (χ0) is 23.5. The number of piperazine rings is 1. The molecule has 1 saturated heterocycles. The highest BCUT2D eigenvalue weighted by Gasteiger charge is 2.33. The Morgan fingerprint density at radius 2 is 1.85 bits per heavy atom. The van der Waals surface area contributed by atoms with Gasteiger partial charge in [-0.15, -0.1) is 10.2 Å². The first-order valence-electron chi connectivity index (χ1n) is 12.1. The van der Waals surface area contributed by atoms with Crippen LogP contribution in [0.4, 0.5) is 5.69 Å². The van der Waals surface area contributed by atoms with Crippen molar-refractivity contribution < 1.29 is 14.9 Å². The minimum atomic E-state index is -0.946. The van der Waals surface area contributed by atoms with Gasteiger partial charge in [0.25, 0.3) is 0 Å². The quantitative estimate of drug-likeness (QED) is 0.490. The van der Waals surface area contributed by atoms with Crippen LogP contribution in [-0.2, 0) is 6.42 Å². The van der Waals surface area contributed by atoms with Gasteiger partial charge in [-0.3, -0.25) is 0 Å². The molecular formula is C25H37N5O3. The molecule has 33 heavy (non-hydrogen) atoms. The third-order valence-electron chi connectivity index (χ3n) is 7.42. The van der Waals surface area contributed by atoms with Crippen LogP contribution in [0.1, 0.15) is 33.1 Å². The number of aromatic nitrogens is 2. The second-order valence-corrected chi connectivity index (χ2v) is 10.1. The predicted octanol–water partition coefficient (Wildman–Crippen LogP) is 2.78. The molecule has 2 aromatic rings. The standard InChI is InChI=1S/C25H37N5O3/c1-17(2)23-14-20(18(3)13-21(23)16-29-11-9-28(4)10-12-29)15-24-26-27-25(33-24)19-5-7-22(8-6-19)30(31)32/h5-8,13,17,20-21,23,30-31H,9-12,14-16H2,1-4H3. The van der Waals surface area contributed by atoms with E-state index in [1.165, 1.54) is 5.57 Å². The average Bonchev–Trinajstić information content (AvgIpc) is 3.25. The molecule has 180 valence electrons. The van der Waals surface area contributed by atoms with E-state index in [0.717, 1.165) is 51.1 Å². The Hall–Kier alpha value is -2.10. The first kappa shape index (κ1) is 24.0. The summed E-state index contributed by atoms with van der Waals surface area (Å²) < 4.78 is 5.97. The largest absolute Gasteiger partial charge is 0.595 e. The highest BCUT2D eigenvalue weighted by molar-refractivity contribution is 5.55. The molecule has 2 aliphatic rings. The lowest BCUT2D eigenvalue weighted by atomic mass is 9.69. The van der Waals surface area contributed by atoms with Crippen LogP contribution in [0.2, 0.25) is 0 Å². The first-order chi connectivity index (χ1) is 15.8. The molecule has 1 aliphatic heterocycles. The van der Waals surface area contributed by atoms with Crippen molar-refractivity contribution in [1.82, 2.24) is 20.0 Å². The minimum Gasteiger partial charge on any atom is -0.595 e. The molecule has 0 spiro atoms. The summed E-state index contributed by atoms with van der Waals surface area (Å²) in [6, 6.07) is 6.54. The fourth-order valence-electron chi connectivity index (χ4n) is 5.23. The van der Waals surface area contributed by atoms with Crippen molar-refractivity contribution in [2.45, 2.75) is 33.6 Å². The molecule has 1 fully saturated rings. The highest BCUT2D eigenvalue weighted by Crippen LogP contribution is 2.39. The number of allylic oxidation sites excluding steroid dienone is 1. The summed E-state index contributed by atoms with van der Waals surface area (Å²) in [4.78, 5) is 5.04. The topological polar surface area (TPSA) is 93.1 Å². The van der Waals surface area contributed by atoms with Gasteiger partial charge in [0.05, 0.1) is 0 Å². The first-order valence-corrected chi connectivity index (χ1v) is 12.1. The third kappa shape index (κ3) is 5.88. The molecule has 4 rings (SSSR count). The van der Waals surface area contributed by atoms with E-state index < -0.39 is 5.23 Å². The summed E-state index contributed by atoms with van der Waals surface area (Å²) in [6.07, 6.45) is 4.40. The van der Waals surface area contributed by atoms with Crippen molar-refractivity contribution in [1.29, 1.82) is 0 Å². The van der Waals surface area contributed by atoms with E-state index in [1.807, 2.05) is 0 Å². The number of hydrogen-bond donors (Lipinski definition) is 2. The van der Waals surface area contributed by atoms with Gasteiger partial charge in [-0.2, -0.15) is 5.23 Å². The van der Waals surface area contributed by atoms with Crippen molar-refractivity contribution in [3.63, 3.8) is 0 Å². The summed E-state index contributed by atoms with van der Waals surface area (Å²) in [5.74, 6) is 3.35. The summed E-state index contributed by atoms with van der Waals surface area (Å²) in [6.45, 7) is 12.7. The van der Waals surface area contributed by atoms with Gasteiger partial charge in [-0.05, 0) is 56.2 Å². The fraction of sp³-hybridized carbons (Fsp3) is 0.600. The van der Waals surface area contributed by atoms with Crippen molar-refractivity contribution in [2.24, 2.45) is 23.7 Å². The Kier molecular flexibility index (Phi) is 7.61. The summed E-state index contributed by atoms with van der Waals surface area (Å²) in [5.41, 5.74) is 2.41. The zero-order valence-electron chi connectivity index (χ0n) is 20.2. The molecule has 1 aromatic carbocycles. The molecule has 2 heterocycles. The van der Waals surface area contributed by atoms with E-state index in [4.69, 9.17) is 9.62 Å². The van der Waals surface area contributed by atoms with Crippen LogP contribution in [0.25, 0.3) is 11.5 Å². The van der Waals surface area contributed by atoms with E-state index in [0.29, 0.717) is 35.5 Å². The highest BCUT2D eigenvalue weighted by atomic mass is 16.8. The molecule has 2 N–H and O–H groups in total. The number of rotatable bonds is 7. The molecule has 1 aliphatic carbocycles. The van der Waals surface area contributed by atoms with E-state index in [1.54, 1.807) is 24.3 Å². The Morgan fingerprint density at radius 3 is 2.48 bits per heavy atom. The number of nitrogens with zero attached hydrogens (tertiary/aromatic N) is 4. The monoisotopic (exact) mass is 455 g/mol. The Labute approximate surface area is 196 Å². The SMILES string of the molecule is CC1=CC(CN2CCN(C)CC2)C(C(C)C)CC1Cc1nnc(-c2ccc([NH+]([O-])O)cc2)o1. The van der Waals surface area contributed by atoms with Gasteiger partial charge in [0.15, 0.2) is 5.69 Å². The summed E-state index contributed by atoms with van der Waals surface area (Å²) in [7, 11) is 2.21. The molecule has 0 amide bonds. The zero-order valence-corrected chi connectivity index (χ0v) is 20.2. The minimum absolute atomic E-state index is 0.243. The normalized spacial score (nSPS) is 25.9. The van der Waals surface area contributed by atoms with Gasteiger partial charge < -0.3 is 19.4 Å². The van der Waals surface area contributed by atoms with E-state index >= 15 is 0 Å². The number of quaternary nitrogens is 1. The van der Waals surface area contributed by atoms with Gasteiger partial charge in [-0.25, -0.2) is 5.21 Å². The van der Waals surface area contributed by atoms with Crippen LogP contribution in [0.5, 0.6) is 0 Å². The van der Waals surface area contributed by atoms with Gasteiger partial charge in [0, 0.05) is 56.8 Å². The van der Waals surface area contributed by atoms with Gasteiger partial charge in [0.2, 0.25) is 11.8 Å². The number of nitrogens with one attached hydrogen (secondary N) is 1. The van der Waals surface area contributed by atoms with Crippen LogP contribution in [0.3, 0.4) is 0 Å². The lowest BCUT2D eigenvalue weighted by Crippen LogP contribution is -2.99. The Morgan fingerprint density at radius 1 is 1.15 bits per heavy atom. The maximum Gasteiger partial charge on any atom is 0.247 e. The smallest absolute Gasteiger partial charge is 0.247 e. The molecule has 4 unspecified atom stereocenters. The average molecular weight is 456 g/mol. The van der Waals surface area contributed by atoms with Gasteiger partial charge in [-0.1, -0.05) is 25.5 Å². The molecule has 0 bridgehead atoms. The molecule has 1 aromatic heterocycles. The Balaban J connectivity index is 1.43. The number of hydrogen-bond acceptors (Lipinski definition) is 7.